The van der Waals surface area contributed by atoms with E-state index in [1.807, 2.05) is 5.32 Å². The fourth-order valence-electron chi connectivity index (χ4n) is 1.61. The number of nitrogens with two attached hydrogens (primary N) is 1. The fraction of sp³-hybridized carbons (Fsp3) is 0.133. The molecule has 0 saturated carbocycles. The fourth-order valence-corrected chi connectivity index (χ4v) is 1.61. The van der Waals surface area contributed by atoms with Gasteiger partial charge in [0, 0.05) is 12.7 Å². The van der Waals surface area contributed by atoms with Crippen LogP contribution in [0.15, 0.2) is 48.5 Å². The average molecular weight is 308 g/mol. The zero-order valence-electron chi connectivity index (χ0n) is 11.7. The van der Waals surface area contributed by atoms with Crippen LogP contribution < -0.4 is 20.5 Å². The monoisotopic (exact) mass is 308 g/mol. The molecule has 2 rings (SSSR count). The number of hydrogen-bond acceptors (Lipinski definition) is 4. The Balaban J connectivity index is 2.23. The van der Waals surface area contributed by atoms with Crippen LogP contribution in [0.1, 0.15) is 0 Å². The molecule has 0 saturated heterocycles. The van der Waals surface area contributed by atoms with Crippen LogP contribution in [-0.4, -0.2) is 19.1 Å². The van der Waals surface area contributed by atoms with Crippen molar-refractivity contribution in [3.63, 3.8) is 0 Å². The maximum atomic E-state index is 13.6. The Morgan fingerprint density at radius 2 is 1.68 bits per heavy atom. The summed E-state index contributed by atoms with van der Waals surface area (Å²) in [6.45, 7) is 0. The number of alkyl halides is 2. The van der Waals surface area contributed by atoms with E-state index >= 15 is 0 Å². The number of para-hydroxylation sites is 2. The third-order valence-corrected chi connectivity index (χ3v) is 2.69. The normalized spacial score (nSPS) is 10.9. The van der Waals surface area contributed by atoms with Gasteiger partial charge in [0.1, 0.15) is 5.75 Å². The second-order valence-electron chi connectivity index (χ2n) is 4.32. The Morgan fingerprint density at radius 1 is 1.09 bits per heavy atom. The van der Waals surface area contributed by atoms with Crippen molar-refractivity contribution in [2.24, 2.45) is 0 Å². The predicted molar refractivity (Wildman–Crippen MR) is 77.0 cm³/mol. The minimum atomic E-state index is -4.00. The minimum absolute atomic E-state index is 0.0517. The lowest BCUT2D eigenvalue weighted by atomic mass is 10.3. The molecule has 1 amide bonds. The average Bonchev–Trinajstić information content (AvgIpc) is 2.50. The summed E-state index contributed by atoms with van der Waals surface area (Å²) in [7, 11) is 1.09. The van der Waals surface area contributed by atoms with Gasteiger partial charge in [0.2, 0.25) is 0 Å². The maximum Gasteiger partial charge on any atom is 0.482 e. The molecule has 22 heavy (non-hydrogen) atoms. The Morgan fingerprint density at radius 3 is 2.27 bits per heavy atom. The number of hydrogen-bond donors (Lipinski definition) is 2. The van der Waals surface area contributed by atoms with E-state index in [2.05, 4.69) is 4.74 Å². The van der Waals surface area contributed by atoms with E-state index < -0.39 is 12.0 Å². The molecule has 0 aliphatic carbocycles. The minimum Gasteiger partial charge on any atom is -0.453 e. The Labute approximate surface area is 125 Å². The number of nitrogen functional groups attached to an aromatic ring is 1. The molecule has 2 aromatic rings. The number of halogens is 2. The van der Waals surface area contributed by atoms with Crippen LogP contribution in [0.3, 0.4) is 0 Å². The van der Waals surface area contributed by atoms with Gasteiger partial charge in [-0.3, -0.25) is 4.79 Å². The second-order valence-corrected chi connectivity index (χ2v) is 4.32. The first-order valence-corrected chi connectivity index (χ1v) is 6.34. The van der Waals surface area contributed by atoms with Crippen molar-refractivity contribution < 1.29 is 23.0 Å². The van der Waals surface area contributed by atoms with Gasteiger partial charge < -0.3 is 20.5 Å². The molecule has 0 radical (unpaired) electrons. The number of likely N-dealkylation sites (N-methyl/N-ethyl adjacent to an activating group) is 1. The van der Waals surface area contributed by atoms with Gasteiger partial charge in [-0.15, -0.1) is 0 Å². The third-order valence-electron chi connectivity index (χ3n) is 2.69. The van der Waals surface area contributed by atoms with E-state index in [-0.39, 0.29) is 11.5 Å². The molecule has 5 nitrogen and oxygen atoms in total. The first-order valence-electron chi connectivity index (χ1n) is 6.34. The number of nitrogens with one attached hydrogen (secondary N) is 1. The molecule has 3 N–H and O–H groups in total. The molecule has 7 heteroatoms. The molecule has 0 atom stereocenters. The number of anilines is 1. The molecule has 0 aliphatic heterocycles. The number of carbonyl (C=O) groups is 1. The molecule has 0 aromatic heterocycles. The lowest BCUT2D eigenvalue weighted by Crippen LogP contribution is -2.42. The van der Waals surface area contributed by atoms with Gasteiger partial charge in [-0.05, 0) is 36.4 Å². The Bertz CT molecular complexity index is 660. The zero-order chi connectivity index (χ0) is 16.2. The number of benzene rings is 2. The van der Waals surface area contributed by atoms with Crippen LogP contribution in [0.4, 0.5) is 14.5 Å². The summed E-state index contributed by atoms with van der Waals surface area (Å²) in [5.74, 6) is -1.35. The highest BCUT2D eigenvalue weighted by Crippen LogP contribution is 2.34. The maximum absolute atomic E-state index is 13.6. The first-order chi connectivity index (χ1) is 10.4. The van der Waals surface area contributed by atoms with Crippen LogP contribution in [0.2, 0.25) is 0 Å². The van der Waals surface area contributed by atoms with Crippen LogP contribution in [0.25, 0.3) is 0 Å². The molecule has 0 aliphatic rings. The summed E-state index contributed by atoms with van der Waals surface area (Å²) < 4.78 is 37.1. The van der Waals surface area contributed by atoms with Gasteiger partial charge in [0.15, 0.2) is 11.5 Å². The highest BCUT2D eigenvalue weighted by molar-refractivity contribution is 5.82. The van der Waals surface area contributed by atoms with E-state index in [0.29, 0.717) is 11.4 Å². The summed E-state index contributed by atoms with van der Waals surface area (Å²) in [6, 6.07) is 12.2. The second kappa shape index (κ2) is 6.30. The summed E-state index contributed by atoms with van der Waals surface area (Å²) in [5, 5.41) is 1.83. The van der Waals surface area contributed by atoms with Gasteiger partial charge in [0.05, 0.1) is 0 Å². The molecule has 116 valence electrons. The van der Waals surface area contributed by atoms with Crippen molar-refractivity contribution in [3.8, 4) is 17.2 Å². The molecule has 0 bridgehead atoms. The van der Waals surface area contributed by atoms with Gasteiger partial charge >= 0.3 is 12.0 Å². The predicted octanol–water partition coefficient (Wildman–Crippen LogP) is 2.78. The largest absolute Gasteiger partial charge is 0.482 e. The molecular formula is C15H14F2N2O3. The Hall–Kier alpha value is -2.83. The quantitative estimate of drug-likeness (QED) is 0.833. The van der Waals surface area contributed by atoms with Gasteiger partial charge in [-0.2, -0.15) is 8.78 Å². The van der Waals surface area contributed by atoms with Crippen molar-refractivity contribution in [1.82, 2.24) is 5.32 Å². The van der Waals surface area contributed by atoms with E-state index in [1.165, 1.54) is 18.2 Å². The molecule has 0 spiro atoms. The Kier molecular flexibility index (Phi) is 4.45. The summed E-state index contributed by atoms with van der Waals surface area (Å²) in [4.78, 5) is 11.1. The van der Waals surface area contributed by atoms with Crippen LogP contribution in [-0.2, 0) is 4.79 Å². The van der Waals surface area contributed by atoms with Crippen LogP contribution >= 0.6 is 0 Å². The van der Waals surface area contributed by atoms with Crippen molar-refractivity contribution in [3.05, 3.63) is 48.5 Å². The van der Waals surface area contributed by atoms with Crippen LogP contribution in [0.5, 0.6) is 17.2 Å². The summed E-state index contributed by atoms with van der Waals surface area (Å²) >= 11 is 0. The van der Waals surface area contributed by atoms with Crippen molar-refractivity contribution in [2.75, 3.05) is 12.8 Å². The number of amides is 1. The van der Waals surface area contributed by atoms with E-state index in [0.717, 1.165) is 7.05 Å². The number of ether oxygens (including phenoxy) is 2. The number of rotatable bonds is 5. The zero-order valence-corrected chi connectivity index (χ0v) is 11.7. The van der Waals surface area contributed by atoms with Crippen molar-refractivity contribution in [1.29, 1.82) is 0 Å². The highest BCUT2D eigenvalue weighted by atomic mass is 19.3. The van der Waals surface area contributed by atoms with Gasteiger partial charge in [-0.25, -0.2) is 0 Å². The van der Waals surface area contributed by atoms with E-state index in [1.54, 1.807) is 30.3 Å². The van der Waals surface area contributed by atoms with Crippen molar-refractivity contribution >= 4 is 11.6 Å². The summed E-state index contributed by atoms with van der Waals surface area (Å²) in [5.41, 5.74) is 6.10. The van der Waals surface area contributed by atoms with Gasteiger partial charge in [-0.1, -0.05) is 12.1 Å². The lowest BCUT2D eigenvalue weighted by Gasteiger charge is -2.18. The molecule has 0 unspecified atom stereocenters. The lowest BCUT2D eigenvalue weighted by molar-refractivity contribution is -0.192. The summed E-state index contributed by atoms with van der Waals surface area (Å²) in [6.07, 6.45) is -4.00. The molecular weight excluding hydrogens is 294 g/mol. The molecule has 2 aromatic carbocycles. The van der Waals surface area contributed by atoms with Gasteiger partial charge in [0.25, 0.3) is 0 Å². The molecule has 0 fully saturated rings. The topological polar surface area (TPSA) is 73.6 Å². The smallest absolute Gasteiger partial charge is 0.453 e. The van der Waals surface area contributed by atoms with E-state index in [9.17, 15) is 13.6 Å². The number of carbonyl (C=O) groups excluding carboxylic acids is 1. The van der Waals surface area contributed by atoms with Crippen LogP contribution in [0, 0.1) is 0 Å². The SMILES string of the molecule is CNC(=O)C(F)(F)Oc1ccccc1Oc1ccc(N)cc1. The molecule has 0 heterocycles. The standard InChI is InChI=1S/C15H14F2N2O3/c1-19-14(20)15(16,17)22-13-5-3-2-4-12(13)21-11-8-6-10(18)7-9-11/h2-9H,18H2,1H3,(H,19,20). The van der Waals surface area contributed by atoms with E-state index in [4.69, 9.17) is 10.5 Å². The third kappa shape index (κ3) is 3.63. The van der Waals surface area contributed by atoms with Crippen molar-refractivity contribution in [2.45, 2.75) is 6.11 Å². The highest BCUT2D eigenvalue weighted by Gasteiger charge is 2.42. The first kappa shape index (κ1) is 15.6.